The van der Waals surface area contributed by atoms with E-state index in [1.54, 1.807) is 24.1 Å². The van der Waals surface area contributed by atoms with Gasteiger partial charge in [0, 0.05) is 18.5 Å². The predicted octanol–water partition coefficient (Wildman–Crippen LogP) is 3.21. The summed E-state index contributed by atoms with van der Waals surface area (Å²) < 4.78 is 5.09. The number of carboxylic acids is 1. The van der Waals surface area contributed by atoms with Crippen LogP contribution in [0.3, 0.4) is 0 Å². The number of hydrogen-bond donors (Lipinski definition) is 1. The zero-order valence-corrected chi connectivity index (χ0v) is 15.1. The van der Waals surface area contributed by atoms with Crippen molar-refractivity contribution in [2.24, 2.45) is 0 Å². The smallest absolute Gasteiger partial charge is 0.341 e. The van der Waals surface area contributed by atoms with Crippen LogP contribution in [-0.4, -0.2) is 41.3 Å². The van der Waals surface area contributed by atoms with Gasteiger partial charge in [-0.05, 0) is 36.8 Å². The Bertz CT molecular complexity index is 713. The van der Waals surface area contributed by atoms with E-state index < -0.39 is 5.97 Å². The molecule has 2 rings (SSSR count). The largest absolute Gasteiger partial charge is 0.482 e. The van der Waals surface area contributed by atoms with Gasteiger partial charge in [-0.3, -0.25) is 4.79 Å². The average molecular weight is 359 g/mol. The number of aryl methyl sites for hydroxylation is 1. The Morgan fingerprint density at radius 2 is 1.72 bits per heavy atom. The van der Waals surface area contributed by atoms with Gasteiger partial charge in [0.2, 0.25) is 5.91 Å². The monoisotopic (exact) mass is 359 g/mol. The number of benzene rings is 2. The first-order chi connectivity index (χ1) is 11.9. The van der Waals surface area contributed by atoms with Crippen LogP contribution in [0.1, 0.15) is 11.1 Å². The van der Waals surface area contributed by atoms with Crippen molar-refractivity contribution in [3.8, 4) is 5.75 Å². The van der Waals surface area contributed by atoms with Crippen LogP contribution in [0.5, 0.6) is 5.75 Å². The number of nitrogens with zero attached hydrogens (tertiary/aromatic N) is 1. The lowest BCUT2D eigenvalue weighted by molar-refractivity contribution is -0.139. The summed E-state index contributed by atoms with van der Waals surface area (Å²) in [4.78, 5) is 25.5. The molecule has 0 atom stereocenters. The molecule has 25 heavy (non-hydrogen) atoms. The fraction of sp³-hybridized carbons (Fsp3) is 0.263. The molecule has 0 bridgehead atoms. The van der Waals surface area contributed by atoms with E-state index >= 15 is 0 Å². The van der Waals surface area contributed by atoms with Gasteiger partial charge in [0.1, 0.15) is 5.75 Å². The second kappa shape index (κ2) is 9.13. The molecule has 6 heteroatoms. The molecule has 5 nitrogen and oxygen atoms in total. The summed E-state index contributed by atoms with van der Waals surface area (Å²) in [6, 6.07) is 15.2. The second-order valence-corrected chi connectivity index (χ2v) is 6.73. The van der Waals surface area contributed by atoms with E-state index in [2.05, 4.69) is 0 Å². The van der Waals surface area contributed by atoms with Gasteiger partial charge in [0.05, 0.1) is 5.75 Å². The van der Waals surface area contributed by atoms with Crippen LogP contribution in [-0.2, 0) is 16.1 Å². The standard InChI is InChI=1S/C19H21NO4S/c1-14-3-9-17(10-4-14)25-13-18(21)20(2)11-15-5-7-16(8-6-15)24-12-19(22)23/h3-10H,11-13H2,1-2H3,(H,22,23). The number of carbonyl (C=O) groups is 2. The number of hydrogen-bond acceptors (Lipinski definition) is 4. The van der Waals surface area contributed by atoms with Gasteiger partial charge >= 0.3 is 5.97 Å². The van der Waals surface area contributed by atoms with Crippen molar-refractivity contribution in [1.29, 1.82) is 0 Å². The molecule has 0 saturated heterocycles. The number of ether oxygens (including phenoxy) is 1. The van der Waals surface area contributed by atoms with Crippen molar-refractivity contribution in [2.45, 2.75) is 18.4 Å². The number of carbonyl (C=O) groups excluding carboxylic acids is 1. The lowest BCUT2D eigenvalue weighted by atomic mass is 10.2. The molecule has 0 radical (unpaired) electrons. The van der Waals surface area contributed by atoms with Crippen molar-refractivity contribution >= 4 is 23.6 Å². The maximum Gasteiger partial charge on any atom is 0.341 e. The average Bonchev–Trinajstić information content (AvgIpc) is 2.60. The molecule has 0 aliphatic heterocycles. The highest BCUT2D eigenvalue weighted by Crippen LogP contribution is 2.19. The summed E-state index contributed by atoms with van der Waals surface area (Å²) in [5.41, 5.74) is 2.16. The van der Waals surface area contributed by atoms with Gasteiger partial charge < -0.3 is 14.7 Å². The number of rotatable bonds is 8. The summed E-state index contributed by atoms with van der Waals surface area (Å²) in [6.45, 7) is 2.16. The van der Waals surface area contributed by atoms with Crippen LogP contribution in [0.25, 0.3) is 0 Å². The minimum Gasteiger partial charge on any atom is -0.482 e. The van der Waals surface area contributed by atoms with E-state index in [1.165, 1.54) is 17.3 Å². The third-order valence-corrected chi connectivity index (χ3v) is 4.51. The molecule has 0 unspecified atom stereocenters. The predicted molar refractivity (Wildman–Crippen MR) is 97.9 cm³/mol. The van der Waals surface area contributed by atoms with Crippen molar-refractivity contribution in [3.63, 3.8) is 0 Å². The van der Waals surface area contributed by atoms with E-state index in [0.717, 1.165) is 10.5 Å². The number of amides is 1. The third-order valence-electron chi connectivity index (χ3n) is 3.51. The van der Waals surface area contributed by atoms with Crippen molar-refractivity contribution < 1.29 is 19.4 Å². The summed E-state index contributed by atoms with van der Waals surface area (Å²) in [5, 5.41) is 8.58. The Morgan fingerprint density at radius 1 is 1.08 bits per heavy atom. The molecular formula is C19H21NO4S. The summed E-state index contributed by atoms with van der Waals surface area (Å²) >= 11 is 1.52. The number of thioether (sulfide) groups is 1. The summed E-state index contributed by atoms with van der Waals surface area (Å²) in [5.74, 6) is -0.0772. The zero-order chi connectivity index (χ0) is 18.2. The molecule has 0 fully saturated rings. The van der Waals surface area contributed by atoms with E-state index in [4.69, 9.17) is 9.84 Å². The highest BCUT2D eigenvalue weighted by Gasteiger charge is 2.10. The maximum absolute atomic E-state index is 12.2. The van der Waals surface area contributed by atoms with Crippen LogP contribution in [0.15, 0.2) is 53.4 Å². The van der Waals surface area contributed by atoms with Gasteiger partial charge in [-0.25, -0.2) is 4.79 Å². The van der Waals surface area contributed by atoms with E-state index in [1.807, 2.05) is 43.3 Å². The maximum atomic E-state index is 12.2. The van der Waals surface area contributed by atoms with E-state index in [9.17, 15) is 9.59 Å². The number of aliphatic carboxylic acids is 1. The molecule has 0 spiro atoms. The fourth-order valence-electron chi connectivity index (χ4n) is 2.09. The summed E-state index contributed by atoms with van der Waals surface area (Å²) in [7, 11) is 1.77. The highest BCUT2D eigenvalue weighted by molar-refractivity contribution is 8.00. The Labute approximate surface area is 151 Å². The molecule has 0 heterocycles. The van der Waals surface area contributed by atoms with Gasteiger partial charge in [-0.15, -0.1) is 11.8 Å². The molecule has 0 aliphatic rings. The van der Waals surface area contributed by atoms with Gasteiger partial charge in [0.25, 0.3) is 0 Å². The van der Waals surface area contributed by atoms with E-state index in [0.29, 0.717) is 18.0 Å². The van der Waals surface area contributed by atoms with Crippen molar-refractivity contribution in [1.82, 2.24) is 4.90 Å². The molecule has 0 aliphatic carbocycles. The Kier molecular flexibility index (Phi) is 6.89. The Balaban J connectivity index is 1.81. The van der Waals surface area contributed by atoms with Crippen molar-refractivity contribution in [3.05, 3.63) is 59.7 Å². The molecular weight excluding hydrogens is 338 g/mol. The van der Waals surface area contributed by atoms with Crippen LogP contribution < -0.4 is 4.74 Å². The molecule has 1 amide bonds. The molecule has 0 aromatic heterocycles. The fourth-order valence-corrected chi connectivity index (χ4v) is 2.93. The first-order valence-corrected chi connectivity index (χ1v) is 8.79. The highest BCUT2D eigenvalue weighted by atomic mass is 32.2. The minimum absolute atomic E-state index is 0.0526. The SMILES string of the molecule is Cc1ccc(SCC(=O)N(C)Cc2ccc(OCC(=O)O)cc2)cc1. The molecule has 2 aromatic carbocycles. The Morgan fingerprint density at radius 3 is 2.32 bits per heavy atom. The van der Waals surface area contributed by atoms with Gasteiger partial charge in [0.15, 0.2) is 6.61 Å². The van der Waals surface area contributed by atoms with E-state index in [-0.39, 0.29) is 12.5 Å². The third kappa shape index (κ3) is 6.51. The molecule has 0 saturated carbocycles. The van der Waals surface area contributed by atoms with Gasteiger partial charge in [-0.1, -0.05) is 29.8 Å². The molecule has 2 aromatic rings. The molecule has 1 N–H and O–H groups in total. The Hall–Kier alpha value is -2.47. The van der Waals surface area contributed by atoms with Crippen LogP contribution in [0.2, 0.25) is 0 Å². The lowest BCUT2D eigenvalue weighted by Gasteiger charge is -2.17. The minimum atomic E-state index is -1.01. The summed E-state index contributed by atoms with van der Waals surface area (Å²) in [6.07, 6.45) is 0. The first-order valence-electron chi connectivity index (χ1n) is 7.81. The molecule has 132 valence electrons. The van der Waals surface area contributed by atoms with Crippen molar-refractivity contribution in [2.75, 3.05) is 19.4 Å². The van der Waals surface area contributed by atoms with Crippen LogP contribution >= 0.6 is 11.8 Å². The normalized spacial score (nSPS) is 10.3. The second-order valence-electron chi connectivity index (χ2n) is 5.68. The number of carboxylic acid groups (broad SMARTS) is 1. The first kappa shape index (κ1) is 18.9. The zero-order valence-electron chi connectivity index (χ0n) is 14.3. The quantitative estimate of drug-likeness (QED) is 0.733. The topological polar surface area (TPSA) is 66.8 Å². The van der Waals surface area contributed by atoms with Gasteiger partial charge in [-0.2, -0.15) is 0 Å². The van der Waals surface area contributed by atoms with Crippen LogP contribution in [0, 0.1) is 6.92 Å². The van der Waals surface area contributed by atoms with Crippen LogP contribution in [0.4, 0.5) is 0 Å². The lowest BCUT2D eigenvalue weighted by Crippen LogP contribution is -2.27.